The maximum Gasteiger partial charge on any atom is 0.286 e. The summed E-state index contributed by atoms with van der Waals surface area (Å²) in [4.78, 5) is 46.6. The van der Waals surface area contributed by atoms with Crippen LogP contribution < -0.4 is 20.1 Å². The first kappa shape index (κ1) is 27.1. The van der Waals surface area contributed by atoms with Gasteiger partial charge in [-0.15, -0.1) is 0 Å². The van der Waals surface area contributed by atoms with Crippen LogP contribution in [0.25, 0.3) is 10.8 Å². The highest BCUT2D eigenvalue weighted by Gasteiger charge is 2.32. The van der Waals surface area contributed by atoms with Crippen LogP contribution >= 0.6 is 23.5 Å². The lowest BCUT2D eigenvalue weighted by atomic mass is 10.00. The van der Waals surface area contributed by atoms with Crippen molar-refractivity contribution in [2.75, 3.05) is 13.2 Å². The molecule has 0 aromatic heterocycles. The molecule has 0 radical (unpaired) electrons. The van der Waals surface area contributed by atoms with Gasteiger partial charge in [-0.25, -0.2) is 0 Å². The van der Waals surface area contributed by atoms with E-state index in [2.05, 4.69) is 10.6 Å². The maximum absolute atomic E-state index is 12.0. The van der Waals surface area contributed by atoms with E-state index >= 15 is 0 Å². The number of hydrogen-bond donors (Lipinski definition) is 2. The molecule has 2 aliphatic rings. The minimum absolute atomic E-state index is 0.229. The summed E-state index contributed by atoms with van der Waals surface area (Å²) in [5, 5.41) is 5.34. The molecule has 10 heteroatoms. The second-order valence-electron chi connectivity index (χ2n) is 9.34. The average Bonchev–Trinajstić information content (AvgIpc) is 3.42. The van der Waals surface area contributed by atoms with Crippen LogP contribution in [-0.4, -0.2) is 46.0 Å². The van der Waals surface area contributed by atoms with E-state index in [9.17, 15) is 19.2 Å². The van der Waals surface area contributed by atoms with E-state index in [1.165, 1.54) is 0 Å². The first-order chi connectivity index (χ1) is 19.0. The van der Waals surface area contributed by atoms with E-state index in [4.69, 9.17) is 9.47 Å². The highest BCUT2D eigenvalue weighted by atomic mass is 32.2. The molecule has 0 saturated carbocycles. The number of hydrogen-bond acceptors (Lipinski definition) is 8. The Bertz CT molecular complexity index is 1390. The molecule has 3 aromatic rings. The van der Waals surface area contributed by atoms with Gasteiger partial charge in [0.1, 0.15) is 11.5 Å². The first-order valence-electron chi connectivity index (χ1n) is 12.8. The normalized spacial score (nSPS) is 18.9. The molecular weight excluding hydrogens is 536 g/mol. The number of benzene rings is 3. The van der Waals surface area contributed by atoms with Crippen LogP contribution in [0.2, 0.25) is 0 Å². The van der Waals surface area contributed by atoms with Crippen LogP contribution in [0.3, 0.4) is 0 Å². The van der Waals surface area contributed by atoms with Crippen molar-refractivity contribution in [1.29, 1.82) is 0 Å². The highest BCUT2D eigenvalue weighted by molar-refractivity contribution is 8.15. The molecule has 2 heterocycles. The van der Waals surface area contributed by atoms with Gasteiger partial charge in [0, 0.05) is 5.39 Å². The Kier molecular flexibility index (Phi) is 8.73. The SMILES string of the molecule is O=C1NC(=O)C(Cc2ccc(OCCCCCOc3ccc(CC4SC(=O)NC4=O)c4ccccc34)cc2)S1. The van der Waals surface area contributed by atoms with Crippen LogP contribution in [0.4, 0.5) is 9.59 Å². The molecule has 39 heavy (non-hydrogen) atoms. The van der Waals surface area contributed by atoms with E-state index in [0.717, 1.165) is 76.2 Å². The number of thioether (sulfide) groups is 2. The van der Waals surface area contributed by atoms with Crippen molar-refractivity contribution in [3.8, 4) is 11.5 Å². The van der Waals surface area contributed by atoms with Gasteiger partial charge in [-0.2, -0.15) is 0 Å². The van der Waals surface area contributed by atoms with Gasteiger partial charge < -0.3 is 9.47 Å². The Morgan fingerprint density at radius 3 is 1.90 bits per heavy atom. The van der Waals surface area contributed by atoms with Crippen molar-refractivity contribution in [2.24, 2.45) is 0 Å². The Morgan fingerprint density at radius 1 is 0.641 bits per heavy atom. The second kappa shape index (κ2) is 12.6. The van der Waals surface area contributed by atoms with Crippen molar-refractivity contribution in [2.45, 2.75) is 42.6 Å². The third-order valence-corrected chi connectivity index (χ3v) is 8.54. The molecule has 2 saturated heterocycles. The number of nitrogens with one attached hydrogen (secondary N) is 2. The molecule has 2 N–H and O–H groups in total. The van der Waals surface area contributed by atoms with Gasteiger partial charge in [-0.05, 0) is 66.8 Å². The van der Waals surface area contributed by atoms with Crippen LogP contribution in [0.15, 0.2) is 60.7 Å². The summed E-state index contributed by atoms with van der Waals surface area (Å²) in [6.45, 7) is 1.18. The number of imide groups is 2. The predicted octanol–water partition coefficient (Wildman–Crippen LogP) is 5.26. The van der Waals surface area contributed by atoms with E-state index in [-0.39, 0.29) is 27.5 Å². The molecule has 2 atom stereocenters. The first-order valence-corrected chi connectivity index (χ1v) is 14.6. The number of amides is 4. The summed E-state index contributed by atoms with van der Waals surface area (Å²) in [5.74, 6) is 1.12. The summed E-state index contributed by atoms with van der Waals surface area (Å²) < 4.78 is 11.9. The quantitative estimate of drug-likeness (QED) is 0.287. The molecule has 4 amide bonds. The Balaban J connectivity index is 1.04. The molecule has 0 spiro atoms. The van der Waals surface area contributed by atoms with E-state index < -0.39 is 5.25 Å². The Hall–Kier alpha value is -3.50. The van der Waals surface area contributed by atoms with Gasteiger partial charge in [-0.1, -0.05) is 66.0 Å². The number of ether oxygens (including phenoxy) is 2. The smallest absolute Gasteiger partial charge is 0.286 e. The lowest BCUT2D eigenvalue weighted by Crippen LogP contribution is -2.25. The molecule has 0 bridgehead atoms. The van der Waals surface area contributed by atoms with Crippen molar-refractivity contribution in [3.63, 3.8) is 0 Å². The predicted molar refractivity (Wildman–Crippen MR) is 152 cm³/mol. The fourth-order valence-corrected chi connectivity index (χ4v) is 6.29. The molecule has 8 nitrogen and oxygen atoms in total. The minimum Gasteiger partial charge on any atom is -0.494 e. The molecule has 5 rings (SSSR count). The van der Waals surface area contributed by atoms with Gasteiger partial charge in [0.2, 0.25) is 11.8 Å². The van der Waals surface area contributed by atoms with Crippen LogP contribution in [0.1, 0.15) is 30.4 Å². The van der Waals surface area contributed by atoms with Crippen molar-refractivity contribution in [3.05, 3.63) is 71.8 Å². The monoisotopic (exact) mass is 564 g/mol. The van der Waals surface area contributed by atoms with E-state index in [1.807, 2.05) is 60.7 Å². The topological polar surface area (TPSA) is 111 Å². The maximum atomic E-state index is 12.0. The van der Waals surface area contributed by atoms with Gasteiger partial charge in [0.25, 0.3) is 10.5 Å². The molecule has 0 aliphatic carbocycles. The van der Waals surface area contributed by atoms with Crippen LogP contribution in [0, 0.1) is 0 Å². The van der Waals surface area contributed by atoms with Crippen molar-refractivity contribution >= 4 is 56.6 Å². The summed E-state index contributed by atoms with van der Waals surface area (Å²) in [6.07, 6.45) is 3.74. The van der Waals surface area contributed by atoms with Crippen molar-refractivity contribution < 1.29 is 28.7 Å². The fourth-order valence-electron chi connectivity index (χ4n) is 4.58. The molecule has 2 unspecified atom stereocenters. The zero-order valence-corrected chi connectivity index (χ0v) is 22.8. The molecule has 3 aromatic carbocycles. The number of rotatable bonds is 12. The molecule has 2 fully saturated rings. The van der Waals surface area contributed by atoms with E-state index in [1.54, 1.807) is 0 Å². The standard InChI is InChI=1S/C29H28N2O6S2/c32-26-24(38-28(34)30-26)16-18-8-11-20(12-9-18)36-14-4-1-5-15-37-23-13-10-19(21-6-2-3-7-22(21)23)17-25-27(33)31-29(35)39-25/h2-3,6-13,24-25H,1,4-5,14-17H2,(H,30,32,34)(H,31,33,35). The highest BCUT2D eigenvalue weighted by Crippen LogP contribution is 2.32. The zero-order chi connectivity index (χ0) is 27.2. The number of carbonyl (C=O) groups excluding carboxylic acids is 4. The van der Waals surface area contributed by atoms with Gasteiger partial charge in [0.05, 0.1) is 23.7 Å². The van der Waals surface area contributed by atoms with E-state index in [0.29, 0.717) is 26.1 Å². The number of unbranched alkanes of at least 4 members (excludes halogenated alkanes) is 2. The zero-order valence-electron chi connectivity index (χ0n) is 21.1. The van der Waals surface area contributed by atoms with Gasteiger partial charge >= 0.3 is 0 Å². The summed E-state index contributed by atoms with van der Waals surface area (Å²) in [6, 6.07) is 19.5. The minimum atomic E-state index is -0.404. The lowest BCUT2D eigenvalue weighted by molar-refractivity contribution is -0.119. The van der Waals surface area contributed by atoms with Crippen molar-refractivity contribution in [1.82, 2.24) is 10.6 Å². The van der Waals surface area contributed by atoms with Gasteiger partial charge in [-0.3, -0.25) is 29.8 Å². The molecule has 2 aliphatic heterocycles. The molecular formula is C29H28N2O6S2. The average molecular weight is 565 g/mol. The molecule has 202 valence electrons. The third kappa shape index (κ3) is 6.93. The largest absolute Gasteiger partial charge is 0.494 e. The van der Waals surface area contributed by atoms with Crippen LogP contribution in [0.5, 0.6) is 11.5 Å². The second-order valence-corrected chi connectivity index (χ2v) is 11.7. The van der Waals surface area contributed by atoms with Crippen LogP contribution in [-0.2, 0) is 22.4 Å². The fraction of sp³-hybridized carbons (Fsp3) is 0.310. The number of fused-ring (bicyclic) bond motifs is 1. The Morgan fingerprint density at radius 2 is 1.26 bits per heavy atom. The summed E-state index contributed by atoms with van der Waals surface area (Å²) in [7, 11) is 0. The summed E-state index contributed by atoms with van der Waals surface area (Å²) in [5.41, 5.74) is 2.00. The summed E-state index contributed by atoms with van der Waals surface area (Å²) >= 11 is 2.08. The third-order valence-electron chi connectivity index (χ3n) is 6.57. The Labute approximate surface area is 234 Å². The van der Waals surface area contributed by atoms with Gasteiger partial charge in [0.15, 0.2) is 0 Å². The number of carbonyl (C=O) groups is 4. The lowest BCUT2D eigenvalue weighted by Gasteiger charge is -2.14.